The van der Waals surface area contributed by atoms with Crippen molar-refractivity contribution < 1.29 is 4.79 Å². The van der Waals surface area contributed by atoms with Gasteiger partial charge < -0.3 is 5.32 Å². The number of nitrogens with one attached hydrogen (secondary N) is 1. The third-order valence-electron chi connectivity index (χ3n) is 3.49. The first-order chi connectivity index (χ1) is 10.1. The SMILES string of the molecule is Cc1c(Br)ccc2c1C(=Cc1cccc(C#N)c1)C(=O)N2. The number of carbonyl (C=O) groups excluding carboxylic acids is 1. The maximum Gasteiger partial charge on any atom is 0.256 e. The van der Waals surface area contributed by atoms with Crippen molar-refractivity contribution in [1.82, 2.24) is 0 Å². The van der Waals surface area contributed by atoms with Gasteiger partial charge in [0.05, 0.1) is 11.6 Å². The van der Waals surface area contributed by atoms with E-state index in [1.54, 1.807) is 12.1 Å². The fourth-order valence-corrected chi connectivity index (χ4v) is 2.77. The molecule has 1 aliphatic heterocycles. The van der Waals surface area contributed by atoms with Crippen LogP contribution in [0.5, 0.6) is 0 Å². The summed E-state index contributed by atoms with van der Waals surface area (Å²) in [6, 6.07) is 13.1. The number of nitrogens with zero attached hydrogens (tertiary/aromatic N) is 1. The second kappa shape index (κ2) is 5.19. The Morgan fingerprint density at radius 2 is 2.10 bits per heavy atom. The van der Waals surface area contributed by atoms with Gasteiger partial charge in [0, 0.05) is 21.3 Å². The van der Waals surface area contributed by atoms with Crippen molar-refractivity contribution in [3.05, 3.63) is 63.1 Å². The smallest absolute Gasteiger partial charge is 0.256 e. The Labute approximate surface area is 131 Å². The van der Waals surface area contributed by atoms with Crippen LogP contribution in [0.2, 0.25) is 0 Å². The van der Waals surface area contributed by atoms with E-state index >= 15 is 0 Å². The zero-order chi connectivity index (χ0) is 15.0. The van der Waals surface area contributed by atoms with Crippen LogP contribution in [0.4, 0.5) is 5.69 Å². The van der Waals surface area contributed by atoms with Crippen molar-refractivity contribution in [1.29, 1.82) is 5.26 Å². The molecule has 0 atom stereocenters. The lowest BCUT2D eigenvalue weighted by Crippen LogP contribution is -2.03. The predicted molar refractivity (Wildman–Crippen MR) is 86.5 cm³/mol. The fourth-order valence-electron chi connectivity index (χ4n) is 2.44. The molecular formula is C17H11BrN2O. The van der Waals surface area contributed by atoms with E-state index in [4.69, 9.17) is 5.26 Å². The number of anilines is 1. The number of carbonyl (C=O) groups is 1. The second-order valence-electron chi connectivity index (χ2n) is 4.84. The minimum Gasteiger partial charge on any atom is -0.321 e. The average molecular weight is 339 g/mol. The summed E-state index contributed by atoms with van der Waals surface area (Å²) in [7, 11) is 0. The molecule has 0 radical (unpaired) electrons. The number of rotatable bonds is 1. The monoisotopic (exact) mass is 338 g/mol. The largest absolute Gasteiger partial charge is 0.321 e. The Hall–Kier alpha value is -2.38. The van der Waals surface area contributed by atoms with Gasteiger partial charge in [0.1, 0.15) is 0 Å². The Morgan fingerprint density at radius 1 is 1.29 bits per heavy atom. The summed E-state index contributed by atoms with van der Waals surface area (Å²) in [4.78, 5) is 12.2. The molecule has 0 unspecified atom stereocenters. The van der Waals surface area contributed by atoms with Crippen molar-refractivity contribution in [2.45, 2.75) is 6.92 Å². The number of benzene rings is 2. The Morgan fingerprint density at radius 3 is 2.86 bits per heavy atom. The zero-order valence-electron chi connectivity index (χ0n) is 11.3. The first-order valence-electron chi connectivity index (χ1n) is 6.43. The van der Waals surface area contributed by atoms with E-state index < -0.39 is 0 Å². The summed E-state index contributed by atoms with van der Waals surface area (Å²) in [5, 5.41) is 11.8. The molecule has 0 aliphatic carbocycles. The average Bonchev–Trinajstić information content (AvgIpc) is 2.80. The quantitative estimate of drug-likeness (QED) is 0.795. The molecule has 21 heavy (non-hydrogen) atoms. The minimum absolute atomic E-state index is 0.117. The van der Waals surface area contributed by atoms with Gasteiger partial charge in [0.15, 0.2) is 0 Å². The zero-order valence-corrected chi connectivity index (χ0v) is 12.9. The number of fused-ring (bicyclic) bond motifs is 1. The normalized spacial score (nSPS) is 14.7. The molecule has 0 spiro atoms. The maximum absolute atomic E-state index is 12.2. The molecule has 0 saturated carbocycles. The molecule has 2 aromatic rings. The lowest BCUT2D eigenvalue weighted by atomic mass is 9.99. The molecule has 3 nitrogen and oxygen atoms in total. The summed E-state index contributed by atoms with van der Waals surface area (Å²) in [6.45, 7) is 1.97. The van der Waals surface area contributed by atoms with E-state index in [1.807, 2.05) is 37.3 Å². The van der Waals surface area contributed by atoms with E-state index in [-0.39, 0.29) is 5.91 Å². The van der Waals surface area contributed by atoms with Gasteiger partial charge in [0.25, 0.3) is 5.91 Å². The molecule has 0 fully saturated rings. The van der Waals surface area contributed by atoms with Gasteiger partial charge in [-0.25, -0.2) is 0 Å². The summed E-state index contributed by atoms with van der Waals surface area (Å²) >= 11 is 3.50. The van der Waals surface area contributed by atoms with Crippen molar-refractivity contribution in [2.75, 3.05) is 5.32 Å². The van der Waals surface area contributed by atoms with Crippen LogP contribution in [-0.2, 0) is 4.79 Å². The van der Waals surface area contributed by atoms with E-state index in [0.717, 1.165) is 26.9 Å². The van der Waals surface area contributed by atoms with Crippen LogP contribution in [0.3, 0.4) is 0 Å². The highest BCUT2D eigenvalue weighted by Crippen LogP contribution is 2.38. The van der Waals surface area contributed by atoms with Gasteiger partial charge in [-0.1, -0.05) is 28.1 Å². The lowest BCUT2D eigenvalue weighted by molar-refractivity contribution is -0.110. The van der Waals surface area contributed by atoms with E-state index in [0.29, 0.717) is 11.1 Å². The highest BCUT2D eigenvalue weighted by molar-refractivity contribution is 9.10. The maximum atomic E-state index is 12.2. The first kappa shape index (κ1) is 13.6. The van der Waals surface area contributed by atoms with Crippen molar-refractivity contribution in [3.63, 3.8) is 0 Å². The highest BCUT2D eigenvalue weighted by atomic mass is 79.9. The Balaban J connectivity index is 2.16. The number of hydrogen-bond donors (Lipinski definition) is 1. The van der Waals surface area contributed by atoms with Crippen LogP contribution < -0.4 is 5.32 Å². The number of nitriles is 1. The standard InChI is InChI=1S/C17H11BrN2O/c1-10-14(18)5-6-15-16(10)13(17(21)20-15)8-11-3-2-4-12(7-11)9-19/h2-8H,1H3,(H,20,21). The first-order valence-corrected chi connectivity index (χ1v) is 7.22. The summed E-state index contributed by atoms with van der Waals surface area (Å²) in [6.07, 6.45) is 1.82. The summed E-state index contributed by atoms with van der Waals surface area (Å²) in [5.74, 6) is -0.117. The summed E-state index contributed by atoms with van der Waals surface area (Å²) in [5.41, 5.74) is 4.80. The van der Waals surface area contributed by atoms with Crippen molar-refractivity contribution in [2.24, 2.45) is 0 Å². The summed E-state index contributed by atoms with van der Waals surface area (Å²) < 4.78 is 0.967. The highest BCUT2D eigenvalue weighted by Gasteiger charge is 2.26. The molecule has 3 rings (SSSR count). The van der Waals surface area contributed by atoms with Gasteiger partial charge >= 0.3 is 0 Å². The predicted octanol–water partition coefficient (Wildman–Crippen LogP) is 4.12. The molecule has 0 saturated heterocycles. The third-order valence-corrected chi connectivity index (χ3v) is 4.35. The van der Waals surface area contributed by atoms with E-state index in [9.17, 15) is 4.79 Å². The van der Waals surface area contributed by atoms with Gasteiger partial charge in [0.2, 0.25) is 0 Å². The minimum atomic E-state index is -0.117. The van der Waals surface area contributed by atoms with Crippen LogP contribution in [0.1, 0.15) is 22.3 Å². The van der Waals surface area contributed by atoms with Gasteiger partial charge in [-0.2, -0.15) is 5.26 Å². The van der Waals surface area contributed by atoms with Crippen LogP contribution in [0, 0.1) is 18.3 Å². The molecule has 2 aromatic carbocycles. The van der Waals surface area contributed by atoms with Crippen LogP contribution in [-0.4, -0.2) is 5.91 Å². The molecule has 102 valence electrons. The number of halogens is 1. The number of amides is 1. The van der Waals surface area contributed by atoms with Crippen molar-refractivity contribution in [3.8, 4) is 6.07 Å². The number of hydrogen-bond acceptors (Lipinski definition) is 2. The molecule has 4 heteroatoms. The van der Waals surface area contributed by atoms with Crippen LogP contribution >= 0.6 is 15.9 Å². The Bertz CT molecular complexity index is 831. The fraction of sp³-hybridized carbons (Fsp3) is 0.0588. The molecule has 0 aromatic heterocycles. The lowest BCUT2D eigenvalue weighted by Gasteiger charge is -2.06. The third kappa shape index (κ3) is 2.37. The van der Waals surface area contributed by atoms with Crippen LogP contribution in [0.15, 0.2) is 40.9 Å². The molecular weight excluding hydrogens is 328 g/mol. The molecule has 1 amide bonds. The van der Waals surface area contributed by atoms with Gasteiger partial charge in [-0.15, -0.1) is 0 Å². The molecule has 1 heterocycles. The Kier molecular flexibility index (Phi) is 3.36. The second-order valence-corrected chi connectivity index (χ2v) is 5.70. The molecule has 1 N–H and O–H groups in total. The van der Waals surface area contributed by atoms with E-state index in [1.165, 1.54) is 0 Å². The molecule has 0 bridgehead atoms. The van der Waals surface area contributed by atoms with Crippen LogP contribution in [0.25, 0.3) is 11.6 Å². The van der Waals surface area contributed by atoms with Gasteiger partial charge in [-0.05, 0) is 48.4 Å². The van der Waals surface area contributed by atoms with Crippen molar-refractivity contribution >= 4 is 39.2 Å². The molecule has 1 aliphatic rings. The topological polar surface area (TPSA) is 52.9 Å². The van der Waals surface area contributed by atoms with E-state index in [2.05, 4.69) is 27.3 Å². The van der Waals surface area contributed by atoms with Gasteiger partial charge in [-0.3, -0.25) is 4.79 Å².